The monoisotopic (exact) mass is 368 g/mol. The van der Waals surface area contributed by atoms with E-state index in [1.807, 2.05) is 21.0 Å². The highest BCUT2D eigenvalue weighted by Gasteiger charge is 2.25. The minimum atomic E-state index is -0.122. The third-order valence-corrected chi connectivity index (χ3v) is 5.27. The molecule has 0 aliphatic carbocycles. The number of amides is 1. The van der Waals surface area contributed by atoms with Gasteiger partial charge in [-0.3, -0.25) is 4.79 Å². The number of nitrogens with zero attached hydrogens (tertiary/aromatic N) is 1. The molecule has 0 spiro atoms. The summed E-state index contributed by atoms with van der Waals surface area (Å²) in [5.74, 6) is 0.0758. The molecule has 0 saturated carbocycles. The molecule has 0 aliphatic rings. The Morgan fingerprint density at radius 1 is 1.07 bits per heavy atom. The number of anilines is 2. The first-order valence-electron chi connectivity index (χ1n) is 9.72. The van der Waals surface area contributed by atoms with Gasteiger partial charge in [-0.25, -0.2) is 0 Å². The molecule has 4 heteroatoms. The van der Waals surface area contributed by atoms with Crippen LogP contribution in [0.1, 0.15) is 36.1 Å². The number of quaternary nitrogens is 1. The van der Waals surface area contributed by atoms with Crippen LogP contribution >= 0.6 is 0 Å². The average molecular weight is 369 g/mol. The van der Waals surface area contributed by atoms with E-state index in [4.69, 9.17) is 0 Å². The average Bonchev–Trinajstić information content (AvgIpc) is 2.62. The first-order chi connectivity index (χ1) is 12.7. The fourth-order valence-electron chi connectivity index (χ4n) is 3.55. The Labute approximate surface area is 164 Å². The number of nitrogens with one attached hydrogen (secondary N) is 2. The smallest absolute Gasteiger partial charge is 0.282 e. The van der Waals surface area contributed by atoms with Crippen molar-refractivity contribution in [2.45, 2.75) is 47.2 Å². The van der Waals surface area contributed by atoms with Crippen molar-refractivity contribution in [1.82, 2.24) is 0 Å². The lowest BCUT2D eigenvalue weighted by molar-refractivity contribution is -0.925. The minimum Gasteiger partial charge on any atom is -0.378 e. The number of hydrogen-bond donors (Lipinski definition) is 2. The summed E-state index contributed by atoms with van der Waals surface area (Å²) in [6, 6.07) is 12.7. The number of carbonyl (C=O) groups excluding carboxylic acids is 1. The summed E-state index contributed by atoms with van der Waals surface area (Å²) in [5.41, 5.74) is 6.84. The maximum Gasteiger partial charge on any atom is 0.282 e. The number of hydrogen-bond acceptors (Lipinski definition) is 2. The van der Waals surface area contributed by atoms with Crippen LogP contribution in [0.2, 0.25) is 0 Å². The van der Waals surface area contributed by atoms with Gasteiger partial charge in [-0.1, -0.05) is 29.8 Å². The van der Waals surface area contributed by atoms with Crippen molar-refractivity contribution in [3.05, 3.63) is 58.7 Å². The summed E-state index contributed by atoms with van der Waals surface area (Å²) >= 11 is 0. The first-order valence-corrected chi connectivity index (χ1v) is 9.72. The maximum absolute atomic E-state index is 12.9. The first kappa shape index (κ1) is 21.0. The summed E-state index contributed by atoms with van der Waals surface area (Å²) in [6.45, 7) is 12.1. The van der Waals surface area contributed by atoms with Gasteiger partial charge in [0.1, 0.15) is 6.54 Å². The molecule has 1 unspecified atom stereocenters. The van der Waals surface area contributed by atoms with Gasteiger partial charge in [0, 0.05) is 31.0 Å². The Balaban J connectivity index is 2.09. The Kier molecular flexibility index (Phi) is 7.03. The summed E-state index contributed by atoms with van der Waals surface area (Å²) < 4.78 is 0. The highest BCUT2D eigenvalue weighted by molar-refractivity contribution is 5.95. The topological polar surface area (TPSA) is 36.8 Å². The van der Waals surface area contributed by atoms with E-state index in [9.17, 15) is 4.79 Å². The van der Waals surface area contributed by atoms with Crippen molar-refractivity contribution >= 4 is 17.3 Å². The van der Waals surface area contributed by atoms with Gasteiger partial charge in [0.05, 0.1) is 6.54 Å². The lowest BCUT2D eigenvalue weighted by Crippen LogP contribution is -3.15. The van der Waals surface area contributed by atoms with E-state index in [1.165, 1.54) is 21.7 Å². The standard InChI is InChI=1S/C23H33N3O/c1-8-26(15-20-9-11-21(12-10-20)25(6)7)19(5)23(27)24-22-17(3)13-16(2)14-18(22)4/h9-14,19H,8,15H2,1-7H3,(H,24,27)/p+1/t19-/m1/s1. The second-order valence-corrected chi connectivity index (χ2v) is 7.73. The van der Waals surface area contributed by atoms with Crippen molar-refractivity contribution in [1.29, 1.82) is 0 Å². The quantitative estimate of drug-likeness (QED) is 0.788. The zero-order valence-corrected chi connectivity index (χ0v) is 17.8. The summed E-state index contributed by atoms with van der Waals surface area (Å²) in [5, 5.41) is 3.16. The Bertz CT molecular complexity index is 758. The Morgan fingerprint density at radius 2 is 1.63 bits per heavy atom. The van der Waals surface area contributed by atoms with Gasteiger partial charge in [-0.2, -0.15) is 0 Å². The molecule has 146 valence electrons. The summed E-state index contributed by atoms with van der Waals surface area (Å²) in [7, 11) is 4.08. The molecule has 2 rings (SSSR count). The van der Waals surface area contributed by atoms with Crippen LogP contribution in [0.3, 0.4) is 0 Å². The zero-order chi connectivity index (χ0) is 20.1. The summed E-state index contributed by atoms with van der Waals surface area (Å²) in [6.07, 6.45) is 0. The van der Waals surface area contributed by atoms with Gasteiger partial charge in [-0.15, -0.1) is 0 Å². The van der Waals surface area contributed by atoms with Crippen LogP contribution in [0.15, 0.2) is 36.4 Å². The van der Waals surface area contributed by atoms with Crippen LogP contribution in [0.4, 0.5) is 11.4 Å². The molecular formula is C23H34N3O+. The largest absolute Gasteiger partial charge is 0.378 e. The SMILES string of the molecule is CC[NH+](Cc1ccc(N(C)C)cc1)[C@H](C)C(=O)Nc1c(C)cc(C)cc1C. The third-order valence-electron chi connectivity index (χ3n) is 5.27. The van der Waals surface area contributed by atoms with Crippen molar-refractivity contribution in [3.63, 3.8) is 0 Å². The molecule has 2 aromatic rings. The Hall–Kier alpha value is -2.33. The van der Waals surface area contributed by atoms with Gasteiger partial charge >= 0.3 is 0 Å². The van der Waals surface area contributed by atoms with E-state index < -0.39 is 0 Å². The predicted molar refractivity (Wildman–Crippen MR) is 115 cm³/mol. The van der Waals surface area contributed by atoms with Crippen molar-refractivity contribution in [2.24, 2.45) is 0 Å². The van der Waals surface area contributed by atoms with Gasteiger partial charge in [0.2, 0.25) is 0 Å². The Morgan fingerprint density at radius 3 is 2.11 bits per heavy atom. The zero-order valence-electron chi connectivity index (χ0n) is 17.8. The van der Waals surface area contributed by atoms with Crippen molar-refractivity contribution in [3.8, 4) is 0 Å². The van der Waals surface area contributed by atoms with E-state index >= 15 is 0 Å². The molecule has 1 amide bonds. The van der Waals surface area contributed by atoms with Crippen LogP contribution in [-0.2, 0) is 11.3 Å². The van der Waals surface area contributed by atoms with E-state index in [-0.39, 0.29) is 11.9 Å². The minimum absolute atomic E-state index is 0.0758. The van der Waals surface area contributed by atoms with Crippen LogP contribution in [0.25, 0.3) is 0 Å². The number of rotatable bonds is 7. The van der Waals surface area contributed by atoms with E-state index in [1.54, 1.807) is 0 Å². The molecule has 0 bridgehead atoms. The number of likely N-dealkylation sites (N-methyl/N-ethyl adjacent to an activating group) is 1. The fraction of sp³-hybridized carbons (Fsp3) is 0.435. The number of aryl methyl sites for hydroxylation is 3. The van der Waals surface area contributed by atoms with Gasteiger partial charge in [-0.05, 0) is 57.9 Å². The van der Waals surface area contributed by atoms with E-state index in [0.29, 0.717) is 0 Å². The van der Waals surface area contributed by atoms with Gasteiger partial charge in [0.15, 0.2) is 6.04 Å². The number of carbonyl (C=O) groups is 1. The molecule has 0 saturated heterocycles. The van der Waals surface area contributed by atoms with E-state index in [2.05, 4.69) is 74.3 Å². The van der Waals surface area contributed by atoms with Crippen LogP contribution < -0.4 is 15.1 Å². The van der Waals surface area contributed by atoms with Gasteiger partial charge < -0.3 is 15.1 Å². The molecule has 0 radical (unpaired) electrons. The maximum atomic E-state index is 12.9. The highest BCUT2D eigenvalue weighted by atomic mass is 16.2. The third kappa shape index (κ3) is 5.33. The molecule has 4 nitrogen and oxygen atoms in total. The van der Waals surface area contributed by atoms with Crippen molar-refractivity contribution < 1.29 is 9.69 Å². The predicted octanol–water partition coefficient (Wildman–Crippen LogP) is 3.11. The van der Waals surface area contributed by atoms with Gasteiger partial charge in [0.25, 0.3) is 5.91 Å². The summed E-state index contributed by atoms with van der Waals surface area (Å²) in [4.78, 5) is 16.2. The highest BCUT2D eigenvalue weighted by Crippen LogP contribution is 2.22. The molecule has 0 aromatic heterocycles. The molecule has 2 N–H and O–H groups in total. The van der Waals surface area contributed by atoms with Crippen LogP contribution in [0.5, 0.6) is 0 Å². The molecule has 0 fully saturated rings. The molecule has 27 heavy (non-hydrogen) atoms. The molecule has 0 aliphatic heterocycles. The number of benzene rings is 2. The second kappa shape index (κ2) is 9.05. The van der Waals surface area contributed by atoms with Crippen LogP contribution in [0, 0.1) is 20.8 Å². The molecule has 0 heterocycles. The lowest BCUT2D eigenvalue weighted by Gasteiger charge is -2.25. The second-order valence-electron chi connectivity index (χ2n) is 7.73. The lowest BCUT2D eigenvalue weighted by atomic mass is 10.0. The molecule has 2 aromatic carbocycles. The fourth-order valence-corrected chi connectivity index (χ4v) is 3.55. The van der Waals surface area contributed by atoms with Crippen molar-refractivity contribution in [2.75, 3.05) is 30.9 Å². The van der Waals surface area contributed by atoms with E-state index in [0.717, 1.165) is 29.9 Å². The molecular weight excluding hydrogens is 334 g/mol. The molecule has 2 atom stereocenters. The van der Waals surface area contributed by atoms with Crippen LogP contribution in [-0.4, -0.2) is 32.6 Å². The normalized spacial score (nSPS) is 13.1.